The summed E-state index contributed by atoms with van der Waals surface area (Å²) >= 11 is 3.46. The van der Waals surface area contributed by atoms with E-state index in [-0.39, 0.29) is 6.04 Å². The zero-order valence-electron chi connectivity index (χ0n) is 11.1. The summed E-state index contributed by atoms with van der Waals surface area (Å²) in [5.74, 6) is 1.53. The molecule has 0 fully saturated rings. The lowest BCUT2D eigenvalue weighted by Gasteiger charge is -2.13. The molecule has 0 aliphatic carbocycles. The van der Waals surface area contributed by atoms with E-state index in [1.165, 1.54) is 0 Å². The molecule has 100 valence electrons. The molecule has 4 heteroatoms. The first-order chi connectivity index (χ1) is 9.24. The molecule has 0 spiro atoms. The van der Waals surface area contributed by atoms with Crippen LogP contribution in [0.4, 0.5) is 0 Å². The second-order valence-electron chi connectivity index (χ2n) is 4.20. The molecule has 1 atom stereocenters. The highest BCUT2D eigenvalue weighted by molar-refractivity contribution is 9.10. The van der Waals surface area contributed by atoms with Crippen LogP contribution in [0.25, 0.3) is 0 Å². The first kappa shape index (κ1) is 14.0. The molecule has 1 heterocycles. The second kappa shape index (κ2) is 6.68. The molecule has 3 nitrogen and oxygen atoms in total. The van der Waals surface area contributed by atoms with Gasteiger partial charge in [-0.05, 0) is 53.7 Å². The first-order valence-corrected chi connectivity index (χ1v) is 7.09. The minimum atomic E-state index is 0.289. The molecule has 0 amide bonds. The Bertz CT molecular complexity index is 524. The maximum Gasteiger partial charge on any atom is 0.145 e. The number of ether oxygens (including phenoxy) is 1. The van der Waals surface area contributed by atoms with E-state index in [0.29, 0.717) is 0 Å². The van der Waals surface area contributed by atoms with Gasteiger partial charge in [-0.3, -0.25) is 4.98 Å². The summed E-state index contributed by atoms with van der Waals surface area (Å²) in [5, 5.41) is 3.24. The van der Waals surface area contributed by atoms with Crippen molar-refractivity contribution in [3.63, 3.8) is 0 Å². The van der Waals surface area contributed by atoms with Crippen LogP contribution >= 0.6 is 15.9 Å². The molecule has 2 rings (SSSR count). The van der Waals surface area contributed by atoms with Crippen LogP contribution in [0.2, 0.25) is 0 Å². The Morgan fingerprint density at radius 1 is 1.26 bits per heavy atom. The summed E-state index contributed by atoms with van der Waals surface area (Å²) in [6, 6.07) is 12.0. The molecule has 1 aromatic heterocycles. The molecule has 0 saturated heterocycles. The van der Waals surface area contributed by atoms with Gasteiger partial charge >= 0.3 is 0 Å². The summed E-state index contributed by atoms with van der Waals surface area (Å²) in [4.78, 5) is 4.44. The normalized spacial score (nSPS) is 12.2. The molecule has 0 bridgehead atoms. The minimum Gasteiger partial charge on any atom is -0.455 e. The summed E-state index contributed by atoms with van der Waals surface area (Å²) in [6.07, 6.45) is 2.77. The molecule has 0 saturated carbocycles. The van der Waals surface area contributed by atoms with Crippen molar-refractivity contribution in [3.05, 3.63) is 52.8 Å². The molecular formula is C15H17BrN2O. The van der Waals surface area contributed by atoms with Crippen LogP contribution in [0.3, 0.4) is 0 Å². The van der Waals surface area contributed by atoms with Gasteiger partial charge in [0.1, 0.15) is 11.5 Å². The maximum atomic E-state index is 5.78. The van der Waals surface area contributed by atoms with Crippen LogP contribution in [0.5, 0.6) is 11.5 Å². The summed E-state index contributed by atoms with van der Waals surface area (Å²) in [7, 11) is 1.95. The Morgan fingerprint density at radius 3 is 2.63 bits per heavy atom. The average Bonchev–Trinajstić information content (AvgIpc) is 2.44. The van der Waals surface area contributed by atoms with Crippen molar-refractivity contribution in [1.82, 2.24) is 10.3 Å². The molecule has 1 unspecified atom stereocenters. The molecular weight excluding hydrogens is 304 g/mol. The van der Waals surface area contributed by atoms with E-state index in [2.05, 4.69) is 33.2 Å². The molecule has 0 aliphatic rings. The summed E-state index contributed by atoms with van der Waals surface area (Å²) < 4.78 is 6.71. The first-order valence-electron chi connectivity index (χ1n) is 6.30. The molecule has 2 aromatic rings. The minimum absolute atomic E-state index is 0.289. The van der Waals surface area contributed by atoms with Crippen LogP contribution in [-0.2, 0) is 0 Å². The van der Waals surface area contributed by atoms with Crippen LogP contribution in [0.1, 0.15) is 25.1 Å². The van der Waals surface area contributed by atoms with Crippen LogP contribution in [0, 0.1) is 0 Å². The number of pyridine rings is 1. The second-order valence-corrected chi connectivity index (χ2v) is 5.06. The maximum absolute atomic E-state index is 5.78. The molecule has 1 aromatic carbocycles. The highest BCUT2D eigenvalue weighted by Crippen LogP contribution is 2.29. The zero-order chi connectivity index (χ0) is 13.7. The highest BCUT2D eigenvalue weighted by Gasteiger charge is 2.08. The molecule has 19 heavy (non-hydrogen) atoms. The average molecular weight is 321 g/mol. The number of rotatable bonds is 5. The third-order valence-corrected chi connectivity index (χ3v) is 3.59. The van der Waals surface area contributed by atoms with E-state index in [1.54, 1.807) is 6.20 Å². The van der Waals surface area contributed by atoms with Gasteiger partial charge in [-0.25, -0.2) is 0 Å². The number of nitrogens with one attached hydrogen (secondary N) is 1. The number of hydrogen-bond donors (Lipinski definition) is 1. The number of hydrogen-bond acceptors (Lipinski definition) is 3. The quantitative estimate of drug-likeness (QED) is 0.891. The van der Waals surface area contributed by atoms with E-state index in [4.69, 9.17) is 4.74 Å². The van der Waals surface area contributed by atoms with Crippen molar-refractivity contribution in [1.29, 1.82) is 0 Å². The van der Waals surface area contributed by atoms with Crippen molar-refractivity contribution in [2.24, 2.45) is 0 Å². The highest BCUT2D eigenvalue weighted by atomic mass is 79.9. The van der Waals surface area contributed by atoms with Gasteiger partial charge in [-0.2, -0.15) is 0 Å². The number of benzene rings is 1. The van der Waals surface area contributed by atoms with Crippen molar-refractivity contribution < 1.29 is 4.74 Å². The monoisotopic (exact) mass is 320 g/mol. The van der Waals surface area contributed by atoms with Gasteiger partial charge in [0.15, 0.2) is 0 Å². The van der Waals surface area contributed by atoms with Crippen molar-refractivity contribution in [2.45, 2.75) is 19.4 Å². The molecule has 1 N–H and O–H groups in total. The Labute approximate surface area is 122 Å². The van der Waals surface area contributed by atoms with E-state index < -0.39 is 0 Å². The Balaban J connectivity index is 2.13. The van der Waals surface area contributed by atoms with Gasteiger partial charge in [-0.15, -0.1) is 0 Å². The van der Waals surface area contributed by atoms with Crippen LogP contribution in [0.15, 0.2) is 47.1 Å². The van der Waals surface area contributed by atoms with E-state index in [9.17, 15) is 0 Å². The summed E-state index contributed by atoms with van der Waals surface area (Å²) in [6.45, 7) is 2.13. The van der Waals surface area contributed by atoms with Gasteiger partial charge in [0, 0.05) is 6.04 Å². The Morgan fingerprint density at radius 2 is 2.05 bits per heavy atom. The number of para-hydroxylation sites is 1. The van der Waals surface area contributed by atoms with Gasteiger partial charge in [0.25, 0.3) is 0 Å². The fraction of sp³-hybridized carbons (Fsp3) is 0.267. The largest absolute Gasteiger partial charge is 0.455 e. The Kier molecular flexibility index (Phi) is 4.93. The van der Waals surface area contributed by atoms with Crippen LogP contribution in [-0.4, -0.2) is 12.0 Å². The van der Waals surface area contributed by atoms with Gasteiger partial charge in [0.05, 0.1) is 16.4 Å². The van der Waals surface area contributed by atoms with E-state index in [1.807, 2.05) is 43.4 Å². The third-order valence-electron chi connectivity index (χ3n) is 2.94. The fourth-order valence-corrected chi connectivity index (χ4v) is 2.24. The predicted molar refractivity (Wildman–Crippen MR) is 80.5 cm³/mol. The van der Waals surface area contributed by atoms with Gasteiger partial charge in [-0.1, -0.05) is 19.1 Å². The van der Waals surface area contributed by atoms with Crippen molar-refractivity contribution in [2.75, 3.05) is 7.05 Å². The lowest BCUT2D eigenvalue weighted by atomic mass is 10.1. The molecule has 0 radical (unpaired) electrons. The standard InChI is InChI=1S/C15H17BrN2O/c1-3-13(17-2)14-9-8-11(10-18-14)19-15-7-5-4-6-12(15)16/h4-10,13,17H,3H2,1-2H3. The topological polar surface area (TPSA) is 34.1 Å². The third kappa shape index (κ3) is 3.55. The number of halogens is 1. The lowest BCUT2D eigenvalue weighted by molar-refractivity contribution is 0.474. The number of nitrogens with zero attached hydrogens (tertiary/aromatic N) is 1. The van der Waals surface area contributed by atoms with Crippen LogP contribution < -0.4 is 10.1 Å². The van der Waals surface area contributed by atoms with Gasteiger partial charge in [0.2, 0.25) is 0 Å². The fourth-order valence-electron chi connectivity index (χ4n) is 1.87. The smallest absolute Gasteiger partial charge is 0.145 e. The molecule has 0 aliphatic heterocycles. The lowest BCUT2D eigenvalue weighted by Crippen LogP contribution is -2.16. The van der Waals surface area contributed by atoms with E-state index in [0.717, 1.165) is 28.1 Å². The van der Waals surface area contributed by atoms with E-state index >= 15 is 0 Å². The Hall–Kier alpha value is -1.39. The summed E-state index contributed by atoms with van der Waals surface area (Å²) in [5.41, 5.74) is 1.03. The SMILES string of the molecule is CCC(NC)c1ccc(Oc2ccccc2Br)cn1. The zero-order valence-corrected chi connectivity index (χ0v) is 12.6. The van der Waals surface area contributed by atoms with Crippen molar-refractivity contribution in [3.8, 4) is 11.5 Å². The number of aromatic nitrogens is 1. The predicted octanol–water partition coefficient (Wildman–Crippen LogP) is 4.31. The van der Waals surface area contributed by atoms with Crippen molar-refractivity contribution >= 4 is 15.9 Å². The van der Waals surface area contributed by atoms with Gasteiger partial charge < -0.3 is 10.1 Å².